The molecule has 0 unspecified atom stereocenters. The highest BCUT2D eigenvalue weighted by atomic mass is 127. The third-order valence-electron chi connectivity index (χ3n) is 4.59. The molecule has 2 atom stereocenters. The molecule has 1 aromatic carbocycles. The molecule has 0 saturated carbocycles. The molecule has 3 N–H and O–H groups in total. The first-order valence-corrected chi connectivity index (χ1v) is 9.63. The Kier molecular flexibility index (Phi) is 3.76. The summed E-state index contributed by atoms with van der Waals surface area (Å²) < 4.78 is 1.02. The quantitative estimate of drug-likeness (QED) is 0.587. The van der Waals surface area contributed by atoms with E-state index in [1.807, 2.05) is 12.1 Å². The van der Waals surface area contributed by atoms with Crippen LogP contribution >= 0.6 is 33.9 Å². The molecule has 120 valence electrons. The minimum absolute atomic E-state index is 0.0333. The van der Waals surface area contributed by atoms with Crippen molar-refractivity contribution < 1.29 is 9.90 Å². The number of nitrogens with one attached hydrogen (secondary N) is 2. The second kappa shape index (κ2) is 5.66. The van der Waals surface area contributed by atoms with Gasteiger partial charge in [-0.15, -0.1) is 11.3 Å². The van der Waals surface area contributed by atoms with Crippen molar-refractivity contribution in [3.05, 3.63) is 43.3 Å². The van der Waals surface area contributed by atoms with Gasteiger partial charge in [0, 0.05) is 14.0 Å². The third kappa shape index (κ3) is 2.61. The summed E-state index contributed by atoms with van der Waals surface area (Å²) in [5.41, 5.74) is 2.74. The minimum Gasteiger partial charge on any atom is -0.508 e. The van der Waals surface area contributed by atoms with Gasteiger partial charge in [0.2, 0.25) is 0 Å². The van der Waals surface area contributed by atoms with Crippen LogP contribution in [0.15, 0.2) is 18.2 Å². The second-order valence-electron chi connectivity index (χ2n) is 6.31. The number of phenols is 1. The maximum absolute atomic E-state index is 12.7. The van der Waals surface area contributed by atoms with Crippen molar-refractivity contribution >= 4 is 44.8 Å². The SMILES string of the molecule is C[C@H]1CCc2c(sc3c2C(=O)N[C@H](c2cc(I)ccc2O)N3)C1. The largest absolute Gasteiger partial charge is 0.508 e. The van der Waals surface area contributed by atoms with E-state index in [2.05, 4.69) is 40.1 Å². The number of hydrogen-bond donors (Lipinski definition) is 3. The number of amides is 1. The predicted molar refractivity (Wildman–Crippen MR) is 100 cm³/mol. The first kappa shape index (κ1) is 15.3. The summed E-state index contributed by atoms with van der Waals surface area (Å²) in [6, 6.07) is 5.41. The Balaban J connectivity index is 1.73. The van der Waals surface area contributed by atoms with E-state index in [4.69, 9.17) is 0 Å². The van der Waals surface area contributed by atoms with Crippen LogP contribution in [0.2, 0.25) is 0 Å². The van der Waals surface area contributed by atoms with Gasteiger partial charge in [-0.25, -0.2) is 0 Å². The molecule has 4 rings (SSSR count). The highest BCUT2D eigenvalue weighted by molar-refractivity contribution is 14.1. The molecule has 23 heavy (non-hydrogen) atoms. The third-order valence-corrected chi connectivity index (χ3v) is 6.45. The van der Waals surface area contributed by atoms with Crippen LogP contribution in [-0.4, -0.2) is 11.0 Å². The van der Waals surface area contributed by atoms with E-state index in [9.17, 15) is 9.90 Å². The summed E-state index contributed by atoms with van der Waals surface area (Å²) in [5.74, 6) is 0.844. The lowest BCUT2D eigenvalue weighted by Crippen LogP contribution is -2.38. The van der Waals surface area contributed by atoms with E-state index in [0.29, 0.717) is 11.5 Å². The van der Waals surface area contributed by atoms with E-state index in [0.717, 1.165) is 33.4 Å². The molecule has 0 bridgehead atoms. The number of phenolic OH excluding ortho intramolecular Hbond substituents is 1. The van der Waals surface area contributed by atoms with Crippen molar-refractivity contribution in [3.63, 3.8) is 0 Å². The number of anilines is 1. The van der Waals surface area contributed by atoms with Gasteiger partial charge in [-0.05, 0) is 71.5 Å². The van der Waals surface area contributed by atoms with E-state index >= 15 is 0 Å². The van der Waals surface area contributed by atoms with E-state index in [1.54, 1.807) is 17.4 Å². The van der Waals surface area contributed by atoms with Crippen molar-refractivity contribution in [3.8, 4) is 5.75 Å². The molecule has 1 aliphatic carbocycles. The lowest BCUT2D eigenvalue weighted by Gasteiger charge is -2.27. The standard InChI is InChI=1S/C17H17IN2O2S/c1-8-2-4-10-13(6-8)23-17-14(10)16(22)19-15(20-17)11-7-9(18)3-5-12(11)21/h3,5,7-8,15,20-21H,2,4,6H2,1H3,(H,19,22)/t8-,15-/m0/s1. The number of carbonyl (C=O) groups is 1. The Hall–Kier alpha value is -1.28. The highest BCUT2D eigenvalue weighted by Gasteiger charge is 2.33. The van der Waals surface area contributed by atoms with Gasteiger partial charge in [-0.3, -0.25) is 4.79 Å². The molecule has 0 saturated heterocycles. The van der Waals surface area contributed by atoms with Crippen LogP contribution in [0.5, 0.6) is 5.75 Å². The lowest BCUT2D eigenvalue weighted by atomic mass is 9.88. The summed E-state index contributed by atoms with van der Waals surface area (Å²) in [4.78, 5) is 14.0. The van der Waals surface area contributed by atoms with E-state index in [-0.39, 0.29) is 17.8 Å². The summed E-state index contributed by atoms with van der Waals surface area (Å²) in [5, 5.41) is 17.5. The molecule has 2 heterocycles. The van der Waals surface area contributed by atoms with Crippen molar-refractivity contribution in [1.29, 1.82) is 0 Å². The van der Waals surface area contributed by atoms with Gasteiger partial charge in [0.05, 0.1) is 5.56 Å². The fourth-order valence-corrected chi connectivity index (χ4v) is 5.33. The van der Waals surface area contributed by atoms with Crippen LogP contribution in [0.4, 0.5) is 5.00 Å². The number of rotatable bonds is 1. The summed E-state index contributed by atoms with van der Waals surface area (Å²) in [7, 11) is 0. The summed E-state index contributed by atoms with van der Waals surface area (Å²) >= 11 is 3.90. The van der Waals surface area contributed by atoms with Crippen molar-refractivity contribution in [2.45, 2.75) is 32.4 Å². The van der Waals surface area contributed by atoms with Gasteiger partial charge in [0.1, 0.15) is 16.9 Å². The number of halogens is 1. The zero-order valence-electron chi connectivity index (χ0n) is 12.6. The van der Waals surface area contributed by atoms with Crippen molar-refractivity contribution in [2.24, 2.45) is 5.92 Å². The van der Waals surface area contributed by atoms with Crippen LogP contribution in [0, 0.1) is 9.49 Å². The van der Waals surface area contributed by atoms with Gasteiger partial charge < -0.3 is 15.7 Å². The average molecular weight is 440 g/mol. The number of hydrogen-bond acceptors (Lipinski definition) is 4. The Morgan fingerprint density at radius 2 is 2.17 bits per heavy atom. The van der Waals surface area contributed by atoms with Crippen LogP contribution in [0.25, 0.3) is 0 Å². The smallest absolute Gasteiger partial charge is 0.256 e. The first-order chi connectivity index (χ1) is 11.0. The minimum atomic E-state index is -0.387. The average Bonchev–Trinajstić information content (AvgIpc) is 2.87. The van der Waals surface area contributed by atoms with Crippen LogP contribution in [-0.2, 0) is 12.8 Å². The maximum atomic E-state index is 12.7. The first-order valence-electron chi connectivity index (χ1n) is 7.73. The van der Waals surface area contributed by atoms with Crippen molar-refractivity contribution in [2.75, 3.05) is 5.32 Å². The van der Waals surface area contributed by atoms with Gasteiger partial charge in [-0.2, -0.15) is 0 Å². The fourth-order valence-electron chi connectivity index (χ4n) is 3.38. The molecule has 1 aromatic heterocycles. The van der Waals surface area contributed by atoms with E-state index < -0.39 is 0 Å². The van der Waals surface area contributed by atoms with Crippen LogP contribution in [0.1, 0.15) is 45.9 Å². The molecule has 1 amide bonds. The zero-order valence-corrected chi connectivity index (χ0v) is 15.6. The highest BCUT2D eigenvalue weighted by Crippen LogP contribution is 2.43. The fraction of sp³-hybridized carbons (Fsp3) is 0.353. The molecular weight excluding hydrogens is 423 g/mol. The van der Waals surface area contributed by atoms with Gasteiger partial charge in [0.15, 0.2) is 0 Å². The van der Waals surface area contributed by atoms with Crippen LogP contribution < -0.4 is 10.6 Å². The van der Waals surface area contributed by atoms with Crippen molar-refractivity contribution in [1.82, 2.24) is 5.32 Å². The topological polar surface area (TPSA) is 61.4 Å². The Labute approximate surface area is 152 Å². The van der Waals surface area contributed by atoms with E-state index in [1.165, 1.54) is 10.4 Å². The second-order valence-corrected chi connectivity index (χ2v) is 8.66. The van der Waals surface area contributed by atoms with Gasteiger partial charge in [0.25, 0.3) is 5.91 Å². The molecule has 2 aromatic rings. The summed E-state index contributed by atoms with van der Waals surface area (Å²) in [6.45, 7) is 2.27. The molecule has 4 nitrogen and oxygen atoms in total. The molecule has 2 aliphatic rings. The van der Waals surface area contributed by atoms with Gasteiger partial charge in [-0.1, -0.05) is 6.92 Å². The Morgan fingerprint density at radius 3 is 3.00 bits per heavy atom. The number of carbonyl (C=O) groups excluding carboxylic acids is 1. The normalized spacial score (nSPS) is 22.8. The monoisotopic (exact) mass is 440 g/mol. The predicted octanol–water partition coefficient (Wildman–Crippen LogP) is 4.04. The Bertz CT molecular complexity index is 802. The lowest BCUT2D eigenvalue weighted by molar-refractivity contribution is 0.0935. The summed E-state index contributed by atoms with van der Waals surface area (Å²) in [6.07, 6.45) is 2.80. The molecule has 0 spiro atoms. The zero-order chi connectivity index (χ0) is 16.1. The number of benzene rings is 1. The maximum Gasteiger partial charge on any atom is 0.256 e. The molecule has 6 heteroatoms. The van der Waals surface area contributed by atoms with Crippen LogP contribution in [0.3, 0.4) is 0 Å². The molecular formula is C17H17IN2O2S. The Morgan fingerprint density at radius 1 is 1.35 bits per heavy atom. The number of thiophene rings is 1. The molecule has 0 fully saturated rings. The van der Waals surface area contributed by atoms with Gasteiger partial charge >= 0.3 is 0 Å². The molecule has 0 radical (unpaired) electrons. The molecule has 1 aliphatic heterocycles. The number of fused-ring (bicyclic) bond motifs is 3. The number of aromatic hydroxyl groups is 1.